The highest BCUT2D eigenvalue weighted by Crippen LogP contribution is 2.30. The molecule has 0 radical (unpaired) electrons. The molecular formula is C18H37BN2O4. The molecule has 25 heavy (non-hydrogen) atoms. The van der Waals surface area contributed by atoms with Crippen LogP contribution in [-0.2, 0) is 4.79 Å². The Morgan fingerprint density at radius 1 is 1.28 bits per heavy atom. The molecule has 1 saturated heterocycles. The summed E-state index contributed by atoms with van der Waals surface area (Å²) in [5, 5.41) is 25.1. The minimum absolute atomic E-state index is 0.0746. The van der Waals surface area contributed by atoms with E-state index < -0.39 is 18.6 Å². The Labute approximate surface area is 153 Å². The largest absolute Gasteiger partial charge is 0.480 e. The van der Waals surface area contributed by atoms with Gasteiger partial charge in [-0.05, 0) is 64.0 Å². The van der Waals surface area contributed by atoms with E-state index in [0.29, 0.717) is 6.32 Å². The summed E-state index contributed by atoms with van der Waals surface area (Å²) in [4.78, 5) is 13.7. The number of allylic oxidation sites excluding steroid dienone is 1. The van der Waals surface area contributed by atoms with Crippen LogP contribution in [0.2, 0.25) is 6.32 Å². The summed E-state index contributed by atoms with van der Waals surface area (Å²) in [5.41, 5.74) is 4.89. The van der Waals surface area contributed by atoms with E-state index in [-0.39, 0.29) is 5.92 Å². The fraction of sp³-hybridized carbons (Fsp3) is 0.833. The highest BCUT2D eigenvalue weighted by Gasteiger charge is 2.41. The molecule has 2 rings (SSSR count). The van der Waals surface area contributed by atoms with E-state index in [9.17, 15) is 9.90 Å². The second-order valence-corrected chi connectivity index (χ2v) is 6.85. The first-order chi connectivity index (χ1) is 11.8. The molecule has 0 saturated carbocycles. The Bertz CT molecular complexity index is 387. The number of carboxylic acids is 1. The van der Waals surface area contributed by atoms with Gasteiger partial charge in [0.2, 0.25) is 0 Å². The van der Waals surface area contributed by atoms with Crippen LogP contribution in [0.3, 0.4) is 0 Å². The molecule has 0 spiro atoms. The number of rotatable bonds is 5. The number of likely N-dealkylation sites (tertiary alicyclic amines) is 1. The third-order valence-corrected chi connectivity index (χ3v) is 4.48. The Balaban J connectivity index is 0.000000610. The number of nitrogens with two attached hydrogens (primary N) is 1. The lowest BCUT2D eigenvalue weighted by atomic mass is 9.76. The molecular weight excluding hydrogens is 319 g/mol. The maximum Gasteiger partial charge on any atom is 0.451 e. The van der Waals surface area contributed by atoms with E-state index >= 15 is 0 Å². The highest BCUT2D eigenvalue weighted by molar-refractivity contribution is 6.40. The third kappa shape index (κ3) is 9.40. The number of carbonyl (C=O) groups is 1. The molecule has 1 aliphatic carbocycles. The van der Waals surface area contributed by atoms with Gasteiger partial charge in [0.15, 0.2) is 0 Å². The van der Waals surface area contributed by atoms with Crippen LogP contribution < -0.4 is 5.73 Å². The molecule has 1 fully saturated rings. The van der Waals surface area contributed by atoms with Gasteiger partial charge in [0.25, 0.3) is 0 Å². The van der Waals surface area contributed by atoms with Crippen LogP contribution in [-0.4, -0.2) is 58.3 Å². The van der Waals surface area contributed by atoms with Gasteiger partial charge in [-0.15, -0.1) is 0 Å². The molecule has 146 valence electrons. The van der Waals surface area contributed by atoms with Gasteiger partial charge in [-0.1, -0.05) is 39.3 Å². The molecule has 0 aromatic carbocycles. The van der Waals surface area contributed by atoms with Crippen molar-refractivity contribution < 1.29 is 19.9 Å². The lowest BCUT2D eigenvalue weighted by Gasteiger charge is -2.34. The van der Waals surface area contributed by atoms with Crippen molar-refractivity contribution in [2.45, 2.75) is 71.2 Å². The maximum atomic E-state index is 11.3. The number of hydrogen-bond donors (Lipinski definition) is 4. The summed E-state index contributed by atoms with van der Waals surface area (Å²) < 4.78 is 0. The van der Waals surface area contributed by atoms with Gasteiger partial charge in [0.05, 0.1) is 0 Å². The molecule has 1 aliphatic heterocycles. The van der Waals surface area contributed by atoms with E-state index in [1.165, 1.54) is 19.3 Å². The zero-order valence-electron chi connectivity index (χ0n) is 16.2. The van der Waals surface area contributed by atoms with E-state index in [1.807, 2.05) is 6.08 Å². The Morgan fingerprint density at radius 3 is 2.24 bits per heavy atom. The van der Waals surface area contributed by atoms with Crippen LogP contribution in [0.25, 0.3) is 0 Å². The molecule has 0 bridgehead atoms. The maximum absolute atomic E-state index is 11.3. The summed E-state index contributed by atoms with van der Waals surface area (Å²) in [6.45, 7) is 9.26. The Morgan fingerprint density at radius 2 is 1.80 bits per heavy atom. The van der Waals surface area contributed by atoms with Crippen molar-refractivity contribution in [1.29, 1.82) is 0 Å². The first kappa shape index (κ1) is 24.1. The molecule has 2 unspecified atom stereocenters. The summed E-state index contributed by atoms with van der Waals surface area (Å²) in [6.07, 6.45) is 10.6. The molecule has 5 N–H and O–H groups in total. The number of nitrogens with zero attached hydrogens (tertiary/aromatic N) is 1. The summed E-state index contributed by atoms with van der Waals surface area (Å²) in [5.74, 6) is -0.814. The summed E-state index contributed by atoms with van der Waals surface area (Å²) in [6, 6.07) is 0. The monoisotopic (exact) mass is 356 g/mol. The molecule has 2 aliphatic rings. The van der Waals surface area contributed by atoms with Crippen LogP contribution in [0.4, 0.5) is 0 Å². The zero-order chi connectivity index (χ0) is 19.3. The fourth-order valence-corrected chi connectivity index (χ4v) is 2.92. The predicted octanol–water partition coefficient (Wildman–Crippen LogP) is 2.12. The molecule has 2 atom stereocenters. The normalized spacial score (nSPS) is 25.4. The minimum Gasteiger partial charge on any atom is -0.480 e. The van der Waals surface area contributed by atoms with Gasteiger partial charge in [-0.25, -0.2) is 4.79 Å². The van der Waals surface area contributed by atoms with Gasteiger partial charge in [0.1, 0.15) is 5.54 Å². The zero-order valence-corrected chi connectivity index (χ0v) is 16.2. The van der Waals surface area contributed by atoms with E-state index in [0.717, 1.165) is 38.9 Å². The van der Waals surface area contributed by atoms with E-state index in [1.54, 1.807) is 13.0 Å². The van der Waals surface area contributed by atoms with Gasteiger partial charge in [-0.3, -0.25) is 0 Å². The van der Waals surface area contributed by atoms with Crippen molar-refractivity contribution in [3.63, 3.8) is 0 Å². The third-order valence-electron chi connectivity index (χ3n) is 4.48. The fourth-order valence-electron chi connectivity index (χ4n) is 2.92. The quantitative estimate of drug-likeness (QED) is 0.444. The Hall–Kier alpha value is -0.885. The van der Waals surface area contributed by atoms with Crippen molar-refractivity contribution in [2.24, 2.45) is 11.7 Å². The van der Waals surface area contributed by atoms with Crippen LogP contribution in [0.15, 0.2) is 12.2 Å². The average Bonchev–Trinajstić information content (AvgIpc) is 3.08. The SMILES string of the molecule is CCB(O)O.CCC.NC1(C(=O)O)C=CCCC1CCN1CCCC1. The molecule has 0 aromatic rings. The molecule has 7 heteroatoms. The number of aliphatic carboxylic acids is 1. The van der Waals surface area contributed by atoms with Crippen LogP contribution in [0.1, 0.15) is 59.3 Å². The topological polar surface area (TPSA) is 107 Å². The first-order valence-electron chi connectivity index (χ1n) is 9.60. The van der Waals surface area contributed by atoms with Crippen LogP contribution >= 0.6 is 0 Å². The second kappa shape index (κ2) is 13.3. The second-order valence-electron chi connectivity index (χ2n) is 6.85. The van der Waals surface area contributed by atoms with Crippen molar-refractivity contribution in [1.82, 2.24) is 4.90 Å². The van der Waals surface area contributed by atoms with Gasteiger partial charge >= 0.3 is 13.1 Å². The average molecular weight is 356 g/mol. The van der Waals surface area contributed by atoms with E-state index in [2.05, 4.69) is 18.7 Å². The standard InChI is InChI=1S/C13H22N2O2.C3H8.C2H7BO2/c14-13(12(16)17)7-2-1-5-11(13)6-10-15-8-3-4-9-15;1-3-2;1-2-3(4)5/h2,7,11H,1,3-6,8-10,14H2,(H,16,17);3H2,1-2H3;4-5H,2H2,1H3. The lowest BCUT2D eigenvalue weighted by Crippen LogP contribution is -2.54. The van der Waals surface area contributed by atoms with Crippen molar-refractivity contribution in [3.8, 4) is 0 Å². The van der Waals surface area contributed by atoms with E-state index in [4.69, 9.17) is 15.8 Å². The minimum atomic E-state index is -1.14. The lowest BCUT2D eigenvalue weighted by molar-refractivity contribution is -0.143. The Kier molecular flexibility index (Phi) is 12.9. The number of hydrogen-bond acceptors (Lipinski definition) is 5. The summed E-state index contributed by atoms with van der Waals surface area (Å²) >= 11 is 0. The highest BCUT2D eigenvalue weighted by atomic mass is 16.4. The molecule has 0 amide bonds. The first-order valence-corrected chi connectivity index (χ1v) is 9.60. The number of carboxylic acid groups (broad SMARTS) is 1. The van der Waals surface area contributed by atoms with Crippen LogP contribution in [0, 0.1) is 5.92 Å². The molecule has 0 aromatic heterocycles. The van der Waals surface area contributed by atoms with Gasteiger partial charge < -0.3 is 25.8 Å². The van der Waals surface area contributed by atoms with Gasteiger partial charge in [-0.2, -0.15) is 0 Å². The molecule has 6 nitrogen and oxygen atoms in total. The molecule has 1 heterocycles. The predicted molar refractivity (Wildman–Crippen MR) is 103 cm³/mol. The van der Waals surface area contributed by atoms with Crippen molar-refractivity contribution in [3.05, 3.63) is 12.2 Å². The van der Waals surface area contributed by atoms with Crippen molar-refractivity contribution in [2.75, 3.05) is 19.6 Å². The summed E-state index contributed by atoms with van der Waals surface area (Å²) in [7, 11) is -1.12. The van der Waals surface area contributed by atoms with Gasteiger partial charge in [0, 0.05) is 0 Å². The smallest absolute Gasteiger partial charge is 0.451 e. The van der Waals surface area contributed by atoms with Crippen LogP contribution in [0.5, 0.6) is 0 Å². The van der Waals surface area contributed by atoms with Crippen molar-refractivity contribution >= 4 is 13.1 Å².